The number of morpholine rings is 1. The van der Waals surface area contributed by atoms with E-state index in [1.165, 1.54) is 0 Å². The number of rotatable bonds is 4. The molecule has 4 rings (SSSR count). The third-order valence-corrected chi connectivity index (χ3v) is 5.43. The first-order valence-corrected chi connectivity index (χ1v) is 9.96. The van der Waals surface area contributed by atoms with Crippen molar-refractivity contribution in [2.45, 2.75) is 50.7 Å². The molecule has 2 atom stereocenters. The molecule has 0 spiro atoms. The van der Waals surface area contributed by atoms with Gasteiger partial charge in [-0.2, -0.15) is 4.98 Å². The van der Waals surface area contributed by atoms with Gasteiger partial charge in [-0.3, -0.25) is 14.6 Å². The molecule has 0 aliphatic carbocycles. The van der Waals surface area contributed by atoms with Crippen molar-refractivity contribution in [1.82, 2.24) is 25.3 Å². The molecule has 2 aromatic rings. The Kier molecular flexibility index (Phi) is 5.57. The summed E-state index contributed by atoms with van der Waals surface area (Å²) < 4.78 is 11.1. The zero-order chi connectivity index (χ0) is 20.4. The summed E-state index contributed by atoms with van der Waals surface area (Å²) in [5, 5.41) is 6.90. The number of piperidine rings is 1. The lowest BCUT2D eigenvalue weighted by atomic mass is 9.94. The number of aromatic nitrogens is 3. The van der Waals surface area contributed by atoms with Gasteiger partial charge >= 0.3 is 0 Å². The quantitative estimate of drug-likeness (QED) is 0.830. The van der Waals surface area contributed by atoms with Gasteiger partial charge in [0.2, 0.25) is 11.8 Å². The molecule has 2 saturated heterocycles. The topological polar surface area (TPSA) is 110 Å². The van der Waals surface area contributed by atoms with Gasteiger partial charge in [-0.1, -0.05) is 25.1 Å². The molecule has 9 nitrogen and oxygen atoms in total. The Morgan fingerprint density at radius 2 is 2.10 bits per heavy atom. The summed E-state index contributed by atoms with van der Waals surface area (Å²) in [5.41, 5.74) is 0.751. The van der Waals surface area contributed by atoms with Crippen molar-refractivity contribution in [3.8, 4) is 0 Å². The number of carbonyl (C=O) groups is 2. The zero-order valence-corrected chi connectivity index (χ0v) is 16.6. The first-order valence-electron chi connectivity index (χ1n) is 9.96. The van der Waals surface area contributed by atoms with Crippen molar-refractivity contribution in [2.75, 3.05) is 19.7 Å². The lowest BCUT2D eigenvalue weighted by molar-refractivity contribution is -0.156. The SMILES string of the molecule is CC(C)c1noc(C2CCN(C(=O)[C@H]3OCC(=O)N[C@@H]3c3cccnc3)CC2)n1. The number of hydrogen-bond donors (Lipinski definition) is 1. The standard InChI is InChI=1S/C20H25N5O4/c1-12(2)18-23-19(29-24-18)13-5-8-25(9-6-13)20(27)17-16(22-15(26)11-28-17)14-4-3-7-21-10-14/h3-4,7,10,12-13,16-17H,5-6,8-9,11H2,1-2H3,(H,22,26)/t16-,17+/m1/s1. The molecule has 2 aromatic heterocycles. The molecule has 4 heterocycles. The Labute approximate surface area is 168 Å². The van der Waals surface area contributed by atoms with Crippen LogP contribution in [0.5, 0.6) is 0 Å². The highest BCUT2D eigenvalue weighted by molar-refractivity contribution is 5.86. The van der Waals surface area contributed by atoms with Crippen LogP contribution in [0.1, 0.15) is 61.8 Å². The number of amides is 2. The molecule has 29 heavy (non-hydrogen) atoms. The van der Waals surface area contributed by atoms with E-state index in [4.69, 9.17) is 9.26 Å². The minimum absolute atomic E-state index is 0.120. The highest BCUT2D eigenvalue weighted by atomic mass is 16.5. The van der Waals surface area contributed by atoms with E-state index >= 15 is 0 Å². The lowest BCUT2D eigenvalue weighted by Gasteiger charge is -2.37. The van der Waals surface area contributed by atoms with Crippen LogP contribution in [-0.2, 0) is 14.3 Å². The molecule has 2 amide bonds. The van der Waals surface area contributed by atoms with Crippen LogP contribution in [0.2, 0.25) is 0 Å². The normalized spacial score (nSPS) is 23.3. The van der Waals surface area contributed by atoms with E-state index in [0.29, 0.717) is 24.8 Å². The maximum Gasteiger partial charge on any atom is 0.254 e. The maximum atomic E-state index is 13.2. The van der Waals surface area contributed by atoms with Crippen molar-refractivity contribution in [2.24, 2.45) is 0 Å². The van der Waals surface area contributed by atoms with Crippen LogP contribution in [0, 0.1) is 0 Å². The summed E-state index contributed by atoms with van der Waals surface area (Å²) in [6.07, 6.45) is 4.04. The average Bonchev–Trinajstić information content (AvgIpc) is 3.25. The van der Waals surface area contributed by atoms with Crippen molar-refractivity contribution >= 4 is 11.8 Å². The van der Waals surface area contributed by atoms with Gasteiger partial charge in [-0.05, 0) is 24.5 Å². The Morgan fingerprint density at radius 1 is 1.31 bits per heavy atom. The molecule has 0 aromatic carbocycles. The Bertz CT molecular complexity index is 861. The van der Waals surface area contributed by atoms with Gasteiger partial charge in [0.1, 0.15) is 6.61 Å². The predicted molar refractivity (Wildman–Crippen MR) is 102 cm³/mol. The molecule has 2 aliphatic heterocycles. The average molecular weight is 399 g/mol. The maximum absolute atomic E-state index is 13.2. The van der Waals surface area contributed by atoms with Crippen molar-refractivity contribution < 1.29 is 18.8 Å². The molecular formula is C20H25N5O4. The summed E-state index contributed by atoms with van der Waals surface area (Å²) in [7, 11) is 0. The van der Waals surface area contributed by atoms with Gasteiger partial charge in [0.25, 0.3) is 5.91 Å². The van der Waals surface area contributed by atoms with Gasteiger partial charge in [0.15, 0.2) is 11.9 Å². The molecule has 0 saturated carbocycles. The molecule has 9 heteroatoms. The minimum Gasteiger partial charge on any atom is -0.356 e. The number of hydrogen-bond acceptors (Lipinski definition) is 7. The summed E-state index contributed by atoms with van der Waals surface area (Å²) in [4.78, 5) is 35.4. The van der Waals surface area contributed by atoms with Crippen LogP contribution in [0.25, 0.3) is 0 Å². The Balaban J connectivity index is 1.42. The molecule has 0 bridgehead atoms. The Morgan fingerprint density at radius 3 is 2.76 bits per heavy atom. The minimum atomic E-state index is -0.760. The largest absolute Gasteiger partial charge is 0.356 e. The predicted octanol–water partition coefficient (Wildman–Crippen LogP) is 1.55. The van der Waals surface area contributed by atoms with Crippen molar-refractivity contribution in [1.29, 1.82) is 0 Å². The lowest BCUT2D eigenvalue weighted by Crippen LogP contribution is -2.54. The highest BCUT2D eigenvalue weighted by Gasteiger charge is 2.39. The third kappa shape index (κ3) is 4.14. The van der Waals surface area contributed by atoms with Crippen molar-refractivity contribution in [3.05, 3.63) is 41.8 Å². The smallest absolute Gasteiger partial charge is 0.254 e. The van der Waals surface area contributed by atoms with Gasteiger partial charge in [-0.15, -0.1) is 0 Å². The van der Waals surface area contributed by atoms with Crippen LogP contribution >= 0.6 is 0 Å². The number of pyridine rings is 1. The second-order valence-electron chi connectivity index (χ2n) is 7.81. The fourth-order valence-electron chi connectivity index (χ4n) is 3.76. The molecule has 154 valence electrons. The van der Waals surface area contributed by atoms with E-state index in [1.807, 2.05) is 19.9 Å². The fraction of sp³-hybridized carbons (Fsp3) is 0.550. The summed E-state index contributed by atoms with van der Waals surface area (Å²) in [6.45, 7) is 5.09. The summed E-state index contributed by atoms with van der Waals surface area (Å²) in [6, 6.07) is 3.07. The van der Waals surface area contributed by atoms with Gasteiger partial charge in [0.05, 0.1) is 6.04 Å². The van der Waals surface area contributed by atoms with E-state index in [-0.39, 0.29) is 30.3 Å². The van der Waals surface area contributed by atoms with Gasteiger partial charge in [-0.25, -0.2) is 0 Å². The fourth-order valence-corrected chi connectivity index (χ4v) is 3.76. The van der Waals surface area contributed by atoms with E-state index in [0.717, 1.165) is 18.4 Å². The number of nitrogens with one attached hydrogen (secondary N) is 1. The molecule has 0 unspecified atom stereocenters. The van der Waals surface area contributed by atoms with Crippen molar-refractivity contribution in [3.63, 3.8) is 0 Å². The first-order chi connectivity index (χ1) is 14.0. The zero-order valence-electron chi connectivity index (χ0n) is 16.6. The molecular weight excluding hydrogens is 374 g/mol. The Hall–Kier alpha value is -2.81. The van der Waals surface area contributed by atoms with Crippen LogP contribution in [0.15, 0.2) is 29.0 Å². The molecule has 2 fully saturated rings. The van der Waals surface area contributed by atoms with Crippen LogP contribution < -0.4 is 5.32 Å². The highest BCUT2D eigenvalue weighted by Crippen LogP contribution is 2.30. The van der Waals surface area contributed by atoms with E-state index in [2.05, 4.69) is 20.4 Å². The summed E-state index contributed by atoms with van der Waals surface area (Å²) >= 11 is 0. The van der Waals surface area contributed by atoms with Crippen LogP contribution in [0.3, 0.4) is 0 Å². The van der Waals surface area contributed by atoms with E-state index in [1.54, 1.807) is 23.4 Å². The van der Waals surface area contributed by atoms with Gasteiger partial charge in [0, 0.05) is 37.3 Å². The number of carbonyl (C=O) groups excluding carboxylic acids is 2. The third-order valence-electron chi connectivity index (χ3n) is 5.43. The van der Waals surface area contributed by atoms with Crippen LogP contribution in [-0.4, -0.2) is 57.6 Å². The molecule has 2 aliphatic rings. The van der Waals surface area contributed by atoms with E-state index < -0.39 is 12.1 Å². The van der Waals surface area contributed by atoms with Gasteiger partial charge < -0.3 is 19.5 Å². The number of likely N-dealkylation sites (tertiary alicyclic amines) is 1. The number of ether oxygens (including phenoxy) is 1. The number of nitrogens with zero attached hydrogens (tertiary/aromatic N) is 4. The molecule has 0 radical (unpaired) electrons. The summed E-state index contributed by atoms with van der Waals surface area (Å²) in [5.74, 6) is 1.38. The second-order valence-corrected chi connectivity index (χ2v) is 7.81. The molecule has 1 N–H and O–H groups in total. The monoisotopic (exact) mass is 399 g/mol. The first kappa shape index (κ1) is 19.5. The second kappa shape index (κ2) is 8.28. The van der Waals surface area contributed by atoms with Crippen LogP contribution in [0.4, 0.5) is 0 Å². The van der Waals surface area contributed by atoms with E-state index in [9.17, 15) is 9.59 Å².